The molecule has 1 heterocycles. The fourth-order valence-electron chi connectivity index (χ4n) is 3.80. The Bertz CT molecular complexity index is 571. The molecule has 6 heteroatoms. The minimum absolute atomic E-state index is 0.191. The standard InChI is InChI=1S/C19H35N5O/c1-13(2)12-24-19(23(5)6)17(14(3)22-24)11-21-16-9-7-15(8-10-16)18(25)20-4/h13,15-16,21H,7-12H2,1-6H3,(H,20,25). The molecule has 2 N–H and O–H groups in total. The largest absolute Gasteiger partial charge is 0.363 e. The third-order valence-corrected chi connectivity index (χ3v) is 5.10. The second kappa shape index (κ2) is 8.70. The Morgan fingerprint density at radius 2 is 1.92 bits per heavy atom. The molecule has 1 aromatic rings. The van der Waals surface area contributed by atoms with Crippen molar-refractivity contribution in [2.45, 2.75) is 65.6 Å². The van der Waals surface area contributed by atoms with Gasteiger partial charge in [0.15, 0.2) is 0 Å². The molecule has 0 unspecified atom stereocenters. The summed E-state index contributed by atoms with van der Waals surface area (Å²) in [5.74, 6) is 2.16. The zero-order chi connectivity index (χ0) is 18.6. The Morgan fingerprint density at radius 3 is 2.44 bits per heavy atom. The molecule has 0 aliphatic heterocycles. The smallest absolute Gasteiger partial charge is 0.222 e. The van der Waals surface area contributed by atoms with Gasteiger partial charge >= 0.3 is 0 Å². The summed E-state index contributed by atoms with van der Waals surface area (Å²) in [6.07, 6.45) is 4.08. The van der Waals surface area contributed by atoms with Crippen LogP contribution in [0.5, 0.6) is 0 Å². The van der Waals surface area contributed by atoms with Gasteiger partial charge < -0.3 is 15.5 Å². The van der Waals surface area contributed by atoms with Crippen LogP contribution < -0.4 is 15.5 Å². The van der Waals surface area contributed by atoms with Crippen molar-refractivity contribution in [1.82, 2.24) is 20.4 Å². The van der Waals surface area contributed by atoms with Gasteiger partial charge in [-0.1, -0.05) is 13.8 Å². The zero-order valence-corrected chi connectivity index (χ0v) is 16.7. The summed E-state index contributed by atoms with van der Waals surface area (Å²) in [6, 6.07) is 0.490. The van der Waals surface area contributed by atoms with Gasteiger partial charge in [0.05, 0.1) is 5.69 Å². The summed E-state index contributed by atoms with van der Waals surface area (Å²) >= 11 is 0. The maximum absolute atomic E-state index is 11.8. The van der Waals surface area contributed by atoms with Crippen LogP contribution in [0.1, 0.15) is 50.8 Å². The average molecular weight is 350 g/mol. The second-order valence-corrected chi connectivity index (χ2v) is 7.90. The summed E-state index contributed by atoms with van der Waals surface area (Å²) in [4.78, 5) is 13.9. The second-order valence-electron chi connectivity index (χ2n) is 7.90. The number of carbonyl (C=O) groups is 1. The van der Waals surface area contributed by atoms with E-state index in [-0.39, 0.29) is 11.8 Å². The normalized spacial score (nSPS) is 20.8. The predicted octanol–water partition coefficient (Wildman–Crippen LogP) is 2.31. The van der Waals surface area contributed by atoms with Gasteiger partial charge in [-0.05, 0) is 38.5 Å². The number of hydrogen-bond acceptors (Lipinski definition) is 4. The van der Waals surface area contributed by atoms with Crippen LogP contribution in [0.4, 0.5) is 5.82 Å². The highest BCUT2D eigenvalue weighted by Crippen LogP contribution is 2.27. The molecule has 1 amide bonds. The van der Waals surface area contributed by atoms with Crippen molar-refractivity contribution in [3.63, 3.8) is 0 Å². The quantitative estimate of drug-likeness (QED) is 0.793. The lowest BCUT2D eigenvalue weighted by atomic mass is 9.85. The molecule has 0 spiro atoms. The number of amides is 1. The van der Waals surface area contributed by atoms with Gasteiger partial charge in [-0.3, -0.25) is 4.79 Å². The van der Waals surface area contributed by atoms with E-state index in [1.807, 2.05) is 0 Å². The fourth-order valence-corrected chi connectivity index (χ4v) is 3.80. The first kappa shape index (κ1) is 19.8. The molecule has 1 aliphatic carbocycles. The number of nitrogens with zero attached hydrogens (tertiary/aromatic N) is 3. The van der Waals surface area contributed by atoms with Crippen LogP contribution in [0.3, 0.4) is 0 Å². The van der Waals surface area contributed by atoms with Gasteiger partial charge in [0.25, 0.3) is 0 Å². The van der Waals surface area contributed by atoms with Crippen molar-refractivity contribution in [2.75, 3.05) is 26.0 Å². The molecule has 6 nitrogen and oxygen atoms in total. The highest BCUT2D eigenvalue weighted by Gasteiger charge is 2.26. The lowest BCUT2D eigenvalue weighted by molar-refractivity contribution is -0.125. The Kier molecular flexibility index (Phi) is 6.87. The molecule has 0 saturated heterocycles. The van der Waals surface area contributed by atoms with Crippen molar-refractivity contribution in [2.24, 2.45) is 11.8 Å². The molecule has 0 bridgehead atoms. The summed E-state index contributed by atoms with van der Waals surface area (Å²) in [7, 11) is 5.91. The highest BCUT2D eigenvalue weighted by molar-refractivity contribution is 5.78. The Morgan fingerprint density at radius 1 is 1.28 bits per heavy atom. The number of anilines is 1. The molecule has 1 aromatic heterocycles. The van der Waals surface area contributed by atoms with E-state index < -0.39 is 0 Å². The van der Waals surface area contributed by atoms with Crippen molar-refractivity contribution in [3.05, 3.63) is 11.3 Å². The number of aryl methyl sites for hydroxylation is 1. The molecule has 142 valence electrons. The van der Waals surface area contributed by atoms with Gasteiger partial charge in [-0.2, -0.15) is 5.10 Å². The summed E-state index contributed by atoms with van der Waals surface area (Å²) in [5.41, 5.74) is 2.40. The number of carbonyl (C=O) groups excluding carboxylic acids is 1. The number of hydrogen-bond donors (Lipinski definition) is 2. The van der Waals surface area contributed by atoms with E-state index in [2.05, 4.69) is 55.1 Å². The molecule has 1 aliphatic rings. The van der Waals surface area contributed by atoms with Crippen molar-refractivity contribution < 1.29 is 4.79 Å². The third kappa shape index (κ3) is 4.97. The molecule has 1 saturated carbocycles. The summed E-state index contributed by atoms with van der Waals surface area (Å²) < 4.78 is 2.14. The first-order chi connectivity index (χ1) is 11.8. The molecule has 25 heavy (non-hydrogen) atoms. The monoisotopic (exact) mass is 349 g/mol. The predicted molar refractivity (Wildman–Crippen MR) is 103 cm³/mol. The van der Waals surface area contributed by atoms with Gasteiger partial charge in [0, 0.05) is 51.8 Å². The first-order valence-corrected chi connectivity index (χ1v) is 9.52. The summed E-state index contributed by atoms with van der Waals surface area (Å²) in [5, 5.41) is 11.2. The van der Waals surface area contributed by atoms with Crippen LogP contribution in [0.2, 0.25) is 0 Å². The van der Waals surface area contributed by atoms with Gasteiger partial charge in [0.2, 0.25) is 5.91 Å². The van der Waals surface area contributed by atoms with Crippen molar-refractivity contribution in [1.29, 1.82) is 0 Å². The minimum Gasteiger partial charge on any atom is -0.363 e. The van der Waals surface area contributed by atoms with E-state index in [0.717, 1.165) is 44.5 Å². The van der Waals surface area contributed by atoms with E-state index >= 15 is 0 Å². The average Bonchev–Trinajstić information content (AvgIpc) is 2.87. The summed E-state index contributed by atoms with van der Waals surface area (Å²) in [6.45, 7) is 8.32. The van der Waals surface area contributed by atoms with Crippen molar-refractivity contribution >= 4 is 11.7 Å². The minimum atomic E-state index is 0.191. The van der Waals surface area contributed by atoms with Crippen LogP contribution in [0.25, 0.3) is 0 Å². The molecule has 0 atom stereocenters. The van der Waals surface area contributed by atoms with Crippen LogP contribution >= 0.6 is 0 Å². The van der Waals surface area contributed by atoms with Gasteiger partial charge in [0.1, 0.15) is 5.82 Å². The van der Waals surface area contributed by atoms with Gasteiger partial charge in [-0.15, -0.1) is 0 Å². The van der Waals surface area contributed by atoms with E-state index in [0.29, 0.717) is 12.0 Å². The van der Waals surface area contributed by atoms with Crippen molar-refractivity contribution in [3.8, 4) is 0 Å². The SMILES string of the molecule is CNC(=O)C1CCC(NCc2c(C)nn(CC(C)C)c2N(C)C)CC1. The van der Waals surface area contributed by atoms with Crippen LogP contribution in [0, 0.1) is 18.8 Å². The first-order valence-electron chi connectivity index (χ1n) is 9.52. The Hall–Kier alpha value is -1.56. The molecule has 2 rings (SSSR count). The number of aromatic nitrogens is 2. The van der Waals surface area contributed by atoms with E-state index in [4.69, 9.17) is 5.10 Å². The number of rotatable bonds is 7. The molecule has 1 fully saturated rings. The van der Waals surface area contributed by atoms with E-state index in [1.54, 1.807) is 7.05 Å². The lowest BCUT2D eigenvalue weighted by Gasteiger charge is -2.28. The van der Waals surface area contributed by atoms with Crippen LogP contribution in [-0.2, 0) is 17.9 Å². The Labute approximate surface area is 152 Å². The molecule has 0 aromatic carbocycles. The molecular formula is C19H35N5O. The topological polar surface area (TPSA) is 62.2 Å². The highest BCUT2D eigenvalue weighted by atomic mass is 16.1. The van der Waals surface area contributed by atoms with E-state index in [1.165, 1.54) is 11.4 Å². The number of nitrogens with one attached hydrogen (secondary N) is 2. The zero-order valence-electron chi connectivity index (χ0n) is 16.7. The molecular weight excluding hydrogens is 314 g/mol. The Balaban J connectivity index is 1.99. The lowest BCUT2D eigenvalue weighted by Crippen LogP contribution is -2.37. The van der Waals surface area contributed by atoms with Crippen LogP contribution in [-0.4, -0.2) is 42.9 Å². The fraction of sp³-hybridized carbons (Fsp3) is 0.789. The third-order valence-electron chi connectivity index (χ3n) is 5.10. The maximum atomic E-state index is 11.8. The maximum Gasteiger partial charge on any atom is 0.222 e. The van der Waals surface area contributed by atoms with Crippen LogP contribution in [0.15, 0.2) is 0 Å². The molecule has 0 radical (unpaired) electrons. The van der Waals surface area contributed by atoms with E-state index in [9.17, 15) is 4.79 Å². The van der Waals surface area contributed by atoms with Gasteiger partial charge in [-0.25, -0.2) is 4.68 Å².